The minimum Gasteiger partial charge on any atom is -0.508 e. The molecule has 0 saturated heterocycles. The van der Waals surface area contributed by atoms with Crippen LogP contribution in [-0.4, -0.2) is 31.6 Å². The second-order valence-electron chi connectivity index (χ2n) is 4.56. The molecule has 0 bridgehead atoms. The second-order valence-corrected chi connectivity index (χ2v) is 4.56. The van der Waals surface area contributed by atoms with Gasteiger partial charge in [0.15, 0.2) is 5.82 Å². The van der Waals surface area contributed by atoms with Gasteiger partial charge in [0.25, 0.3) is 0 Å². The maximum Gasteiger partial charge on any atom is 0.181 e. The van der Waals surface area contributed by atoms with Crippen LogP contribution in [0.1, 0.15) is 24.6 Å². The molecule has 2 N–H and O–H groups in total. The fraction of sp³-hybridized carbons (Fsp3) is 0.385. The van der Waals surface area contributed by atoms with Crippen molar-refractivity contribution in [2.24, 2.45) is 0 Å². The van der Waals surface area contributed by atoms with Crippen molar-refractivity contribution in [3.05, 3.63) is 30.1 Å². The van der Waals surface area contributed by atoms with Gasteiger partial charge in [-0.3, -0.25) is 0 Å². The van der Waals surface area contributed by atoms with Crippen LogP contribution in [0.5, 0.6) is 5.75 Å². The maximum atomic E-state index is 9.27. The number of rotatable bonds is 4. The fourth-order valence-corrected chi connectivity index (χ4v) is 1.99. The first kappa shape index (κ1) is 11.2. The molecule has 0 atom stereocenters. The van der Waals surface area contributed by atoms with E-state index in [4.69, 9.17) is 5.11 Å². The number of hydrogen-bond acceptors (Lipinski definition) is 4. The summed E-state index contributed by atoms with van der Waals surface area (Å²) in [6.07, 6.45) is 2.30. The smallest absolute Gasteiger partial charge is 0.181 e. The highest BCUT2D eigenvalue weighted by atomic mass is 16.3. The summed E-state index contributed by atoms with van der Waals surface area (Å²) in [5.41, 5.74) is 0.881. The lowest BCUT2D eigenvalue weighted by molar-refractivity contribution is 0.267. The molecule has 0 unspecified atom stereocenters. The van der Waals surface area contributed by atoms with E-state index in [-0.39, 0.29) is 12.4 Å². The number of phenolic OH excluding ortho intramolecular Hbond substituents is 1. The second kappa shape index (κ2) is 4.42. The molecule has 2 aromatic rings. The molecule has 1 aromatic carbocycles. The molecule has 1 fully saturated rings. The van der Waals surface area contributed by atoms with Crippen LogP contribution in [-0.2, 0) is 6.54 Å². The Hall–Kier alpha value is -1.88. The highest BCUT2D eigenvalue weighted by molar-refractivity contribution is 5.55. The van der Waals surface area contributed by atoms with Crippen LogP contribution in [0.15, 0.2) is 24.3 Å². The van der Waals surface area contributed by atoms with E-state index in [1.807, 2.05) is 0 Å². The molecule has 0 aliphatic heterocycles. The average molecular weight is 245 g/mol. The molecule has 18 heavy (non-hydrogen) atoms. The monoisotopic (exact) mass is 245 g/mol. The summed E-state index contributed by atoms with van der Waals surface area (Å²) in [5, 5.41) is 22.7. The summed E-state index contributed by atoms with van der Waals surface area (Å²) in [6, 6.07) is 6.84. The number of phenols is 1. The van der Waals surface area contributed by atoms with Gasteiger partial charge in [-0.1, -0.05) is 0 Å². The van der Waals surface area contributed by atoms with Crippen molar-refractivity contribution >= 4 is 0 Å². The third-order valence-electron chi connectivity index (χ3n) is 3.08. The first-order valence-corrected chi connectivity index (χ1v) is 6.13. The molecule has 5 nitrogen and oxygen atoms in total. The molecule has 1 saturated carbocycles. The first-order valence-electron chi connectivity index (χ1n) is 6.13. The Balaban J connectivity index is 1.96. The van der Waals surface area contributed by atoms with Gasteiger partial charge in [0.2, 0.25) is 0 Å². The Bertz CT molecular complexity index is 544. The number of aromatic hydroxyl groups is 1. The summed E-state index contributed by atoms with van der Waals surface area (Å²) in [6.45, 7) is 0.551. The summed E-state index contributed by atoms with van der Waals surface area (Å²) in [7, 11) is 0. The summed E-state index contributed by atoms with van der Waals surface area (Å²) >= 11 is 0. The Morgan fingerprint density at radius 2 is 1.94 bits per heavy atom. The average Bonchev–Trinajstić information content (AvgIpc) is 3.13. The molecule has 1 heterocycles. The summed E-state index contributed by atoms with van der Waals surface area (Å²) < 4.78 is 1.79. The molecule has 94 valence electrons. The standard InChI is InChI=1S/C13H15N3O2/c17-8-7-16-13(10-1-2-10)14-12(15-16)9-3-5-11(18)6-4-9/h3-6,10,17-18H,1-2,7-8H2. The molecular weight excluding hydrogens is 230 g/mol. The van der Waals surface area contributed by atoms with E-state index in [2.05, 4.69) is 10.1 Å². The molecule has 1 aliphatic carbocycles. The quantitative estimate of drug-likeness (QED) is 0.856. The van der Waals surface area contributed by atoms with Crippen molar-refractivity contribution in [2.45, 2.75) is 25.3 Å². The molecular formula is C13H15N3O2. The number of nitrogens with zero attached hydrogens (tertiary/aromatic N) is 3. The van der Waals surface area contributed by atoms with Gasteiger partial charge in [0, 0.05) is 11.5 Å². The van der Waals surface area contributed by atoms with Crippen LogP contribution in [0.3, 0.4) is 0 Å². The molecule has 0 amide bonds. The summed E-state index contributed by atoms with van der Waals surface area (Å²) in [4.78, 5) is 4.55. The fourth-order valence-electron chi connectivity index (χ4n) is 1.99. The maximum absolute atomic E-state index is 9.27. The SMILES string of the molecule is OCCn1nc(-c2ccc(O)cc2)nc1C1CC1. The lowest BCUT2D eigenvalue weighted by atomic mass is 10.2. The van der Waals surface area contributed by atoms with Crippen molar-refractivity contribution in [1.82, 2.24) is 14.8 Å². The van der Waals surface area contributed by atoms with Crippen molar-refractivity contribution < 1.29 is 10.2 Å². The zero-order chi connectivity index (χ0) is 12.5. The molecule has 1 aliphatic rings. The summed E-state index contributed by atoms with van der Waals surface area (Å²) in [5.74, 6) is 2.35. The van der Waals surface area contributed by atoms with E-state index >= 15 is 0 Å². The van der Waals surface area contributed by atoms with Gasteiger partial charge in [-0.2, -0.15) is 5.10 Å². The van der Waals surface area contributed by atoms with Crippen LogP contribution in [0.25, 0.3) is 11.4 Å². The van der Waals surface area contributed by atoms with Crippen LogP contribution >= 0.6 is 0 Å². The van der Waals surface area contributed by atoms with Crippen molar-refractivity contribution in [1.29, 1.82) is 0 Å². The highest BCUT2D eigenvalue weighted by Gasteiger charge is 2.29. The molecule has 0 radical (unpaired) electrons. The predicted molar refractivity (Wildman–Crippen MR) is 66.2 cm³/mol. The lowest BCUT2D eigenvalue weighted by Gasteiger charge is -2.00. The zero-order valence-corrected chi connectivity index (χ0v) is 9.95. The lowest BCUT2D eigenvalue weighted by Crippen LogP contribution is -2.07. The first-order chi connectivity index (χ1) is 8.78. The van der Waals surface area contributed by atoms with Gasteiger partial charge >= 0.3 is 0 Å². The van der Waals surface area contributed by atoms with Crippen molar-refractivity contribution in [2.75, 3.05) is 6.61 Å². The van der Waals surface area contributed by atoms with Gasteiger partial charge in [-0.25, -0.2) is 9.67 Å². The van der Waals surface area contributed by atoms with E-state index in [9.17, 15) is 5.11 Å². The zero-order valence-electron chi connectivity index (χ0n) is 9.95. The largest absolute Gasteiger partial charge is 0.508 e. The third-order valence-corrected chi connectivity index (χ3v) is 3.08. The minimum absolute atomic E-state index is 0.0676. The number of aromatic nitrogens is 3. The Labute approximate surface area is 105 Å². The van der Waals surface area contributed by atoms with Gasteiger partial charge in [0.1, 0.15) is 11.6 Å². The van der Waals surface area contributed by atoms with E-state index in [1.165, 1.54) is 0 Å². The molecule has 3 rings (SSSR count). The van der Waals surface area contributed by atoms with Gasteiger partial charge in [0.05, 0.1) is 13.2 Å². The molecule has 1 aromatic heterocycles. The van der Waals surface area contributed by atoms with E-state index in [1.54, 1.807) is 28.9 Å². The highest BCUT2D eigenvalue weighted by Crippen LogP contribution is 2.39. The van der Waals surface area contributed by atoms with Gasteiger partial charge in [-0.15, -0.1) is 0 Å². The minimum atomic E-state index is 0.0676. The molecule has 5 heteroatoms. The van der Waals surface area contributed by atoms with Gasteiger partial charge in [-0.05, 0) is 37.1 Å². The van der Waals surface area contributed by atoms with Crippen LogP contribution in [0, 0.1) is 0 Å². The normalized spacial score (nSPS) is 14.9. The predicted octanol–water partition coefficient (Wildman–Crippen LogP) is 1.52. The van der Waals surface area contributed by atoms with Crippen molar-refractivity contribution in [3.8, 4) is 17.1 Å². The van der Waals surface area contributed by atoms with E-state index in [0.717, 1.165) is 24.2 Å². The topological polar surface area (TPSA) is 71.2 Å². The van der Waals surface area contributed by atoms with E-state index in [0.29, 0.717) is 18.3 Å². The van der Waals surface area contributed by atoms with E-state index < -0.39 is 0 Å². The number of aliphatic hydroxyl groups excluding tert-OH is 1. The molecule has 0 spiro atoms. The number of hydrogen-bond donors (Lipinski definition) is 2. The Morgan fingerprint density at radius 1 is 1.22 bits per heavy atom. The van der Waals surface area contributed by atoms with Crippen LogP contribution in [0.4, 0.5) is 0 Å². The number of aliphatic hydroxyl groups is 1. The van der Waals surface area contributed by atoms with Crippen molar-refractivity contribution in [3.63, 3.8) is 0 Å². The third kappa shape index (κ3) is 2.09. The Kier molecular flexibility index (Phi) is 2.76. The van der Waals surface area contributed by atoms with Crippen LogP contribution in [0.2, 0.25) is 0 Å². The van der Waals surface area contributed by atoms with Crippen LogP contribution < -0.4 is 0 Å². The van der Waals surface area contributed by atoms with Gasteiger partial charge < -0.3 is 10.2 Å². The Morgan fingerprint density at radius 3 is 2.56 bits per heavy atom. The number of benzene rings is 1.